The number of nitrogens with one attached hydrogen (secondary N) is 1. The van der Waals surface area contributed by atoms with E-state index in [1.165, 1.54) is 12.5 Å². The monoisotopic (exact) mass is 404 g/mol. The topological polar surface area (TPSA) is 112 Å². The average molecular weight is 404 g/mol. The Morgan fingerprint density at radius 2 is 2.32 bits per heavy atom. The lowest BCUT2D eigenvalue weighted by Gasteiger charge is -2.15. The standard InChI is InChI=1S/C19H24N4O4S/c20-28-27-9-12-3-4-14(6-12)23-19-15(8-21-11-22-19)18(24)17-7-13(10-26-17)16-2-1-5-25-16/h7-8,10-12,14,16H,1-6,9,20H2,(H,21,22,23). The van der Waals surface area contributed by atoms with Gasteiger partial charge in [0, 0.05) is 24.4 Å². The van der Waals surface area contributed by atoms with Crippen LogP contribution in [0.1, 0.15) is 59.9 Å². The molecule has 1 saturated carbocycles. The highest BCUT2D eigenvalue weighted by Gasteiger charge is 2.28. The second-order valence-electron chi connectivity index (χ2n) is 7.26. The summed E-state index contributed by atoms with van der Waals surface area (Å²) in [6, 6.07) is 2.00. The van der Waals surface area contributed by atoms with Crippen molar-refractivity contribution in [3.63, 3.8) is 0 Å². The molecule has 1 saturated heterocycles. The van der Waals surface area contributed by atoms with Crippen molar-refractivity contribution in [2.75, 3.05) is 18.5 Å². The fraction of sp³-hybridized carbons (Fsp3) is 0.526. The van der Waals surface area contributed by atoms with E-state index in [2.05, 4.69) is 15.3 Å². The molecule has 9 heteroatoms. The van der Waals surface area contributed by atoms with Crippen LogP contribution in [-0.4, -0.2) is 35.0 Å². The second-order valence-corrected chi connectivity index (χ2v) is 7.69. The Kier molecular flexibility index (Phi) is 6.26. The molecule has 3 atom stereocenters. The van der Waals surface area contributed by atoms with Crippen LogP contribution >= 0.6 is 12.2 Å². The first-order chi connectivity index (χ1) is 13.7. The smallest absolute Gasteiger partial charge is 0.233 e. The summed E-state index contributed by atoms with van der Waals surface area (Å²) in [5.41, 5.74) is 1.32. The van der Waals surface area contributed by atoms with Crippen LogP contribution < -0.4 is 10.5 Å². The van der Waals surface area contributed by atoms with Crippen LogP contribution in [0.4, 0.5) is 5.82 Å². The Bertz CT molecular complexity index is 809. The third-order valence-corrected chi connectivity index (χ3v) is 5.63. The molecule has 0 radical (unpaired) electrons. The number of carbonyl (C=O) groups is 1. The Labute approximate surface area is 167 Å². The Hall–Kier alpha value is -1.94. The van der Waals surface area contributed by atoms with E-state index in [9.17, 15) is 4.79 Å². The number of ether oxygens (including phenoxy) is 1. The first-order valence-electron chi connectivity index (χ1n) is 9.54. The van der Waals surface area contributed by atoms with Gasteiger partial charge >= 0.3 is 0 Å². The fourth-order valence-electron chi connectivity index (χ4n) is 3.91. The molecule has 2 fully saturated rings. The van der Waals surface area contributed by atoms with E-state index < -0.39 is 0 Å². The minimum Gasteiger partial charge on any atom is -0.460 e. The van der Waals surface area contributed by atoms with Crippen molar-refractivity contribution in [3.05, 3.63) is 41.7 Å². The van der Waals surface area contributed by atoms with Crippen molar-refractivity contribution in [1.82, 2.24) is 9.97 Å². The van der Waals surface area contributed by atoms with Gasteiger partial charge in [-0.15, -0.1) is 0 Å². The van der Waals surface area contributed by atoms with Crippen LogP contribution in [0.2, 0.25) is 0 Å². The lowest BCUT2D eigenvalue weighted by Crippen LogP contribution is -2.20. The molecule has 150 valence electrons. The first kappa shape index (κ1) is 19.4. The number of nitrogens with two attached hydrogens (primary N) is 1. The fourth-order valence-corrected chi connectivity index (χ4v) is 4.18. The van der Waals surface area contributed by atoms with Crippen LogP contribution in [0, 0.1) is 5.92 Å². The van der Waals surface area contributed by atoms with Gasteiger partial charge in [0.1, 0.15) is 12.1 Å². The number of hydrogen-bond acceptors (Lipinski definition) is 9. The maximum atomic E-state index is 13.0. The maximum absolute atomic E-state index is 13.0. The molecule has 3 N–H and O–H groups in total. The number of carbonyl (C=O) groups excluding carboxylic acids is 1. The van der Waals surface area contributed by atoms with Gasteiger partial charge in [-0.05, 0) is 44.1 Å². The van der Waals surface area contributed by atoms with E-state index in [1.54, 1.807) is 12.3 Å². The highest BCUT2D eigenvalue weighted by molar-refractivity contribution is 7.92. The number of anilines is 1. The summed E-state index contributed by atoms with van der Waals surface area (Å²) < 4.78 is 16.4. The number of hydrogen-bond donors (Lipinski definition) is 2. The molecule has 0 amide bonds. The first-order valence-corrected chi connectivity index (χ1v) is 10.3. The molecule has 2 aromatic heterocycles. The minimum atomic E-state index is -0.232. The number of aromatic nitrogens is 2. The van der Waals surface area contributed by atoms with Gasteiger partial charge in [-0.25, -0.2) is 9.97 Å². The van der Waals surface area contributed by atoms with E-state index in [0.29, 0.717) is 23.9 Å². The van der Waals surface area contributed by atoms with Crippen molar-refractivity contribution in [2.45, 2.75) is 44.2 Å². The Balaban J connectivity index is 1.45. The zero-order valence-corrected chi connectivity index (χ0v) is 16.3. The number of furan rings is 1. The molecule has 1 aliphatic heterocycles. The second kappa shape index (κ2) is 9.04. The van der Waals surface area contributed by atoms with Gasteiger partial charge in [0.25, 0.3) is 0 Å². The molecule has 1 aliphatic carbocycles. The molecule has 28 heavy (non-hydrogen) atoms. The van der Waals surface area contributed by atoms with Gasteiger partial charge in [0.05, 0.1) is 36.8 Å². The lowest BCUT2D eigenvalue weighted by atomic mass is 10.1. The Morgan fingerprint density at radius 1 is 1.39 bits per heavy atom. The van der Waals surface area contributed by atoms with Gasteiger partial charge in [0.15, 0.2) is 5.76 Å². The van der Waals surface area contributed by atoms with Gasteiger partial charge in [-0.3, -0.25) is 9.93 Å². The number of ketones is 1. The van der Waals surface area contributed by atoms with Crippen LogP contribution in [0.5, 0.6) is 0 Å². The molecule has 3 unspecified atom stereocenters. The summed E-state index contributed by atoms with van der Waals surface area (Å²) in [5, 5.41) is 8.72. The lowest BCUT2D eigenvalue weighted by molar-refractivity contribution is 0.101. The molecule has 4 rings (SSSR count). The molecular weight excluding hydrogens is 380 g/mol. The average Bonchev–Trinajstić information content (AvgIpc) is 3.47. The normalized spacial score (nSPS) is 24.5. The van der Waals surface area contributed by atoms with Crippen molar-refractivity contribution in [1.29, 1.82) is 0 Å². The van der Waals surface area contributed by atoms with Crippen LogP contribution in [0.3, 0.4) is 0 Å². The third kappa shape index (κ3) is 4.38. The largest absolute Gasteiger partial charge is 0.460 e. The molecule has 8 nitrogen and oxygen atoms in total. The van der Waals surface area contributed by atoms with E-state index in [4.69, 9.17) is 18.5 Å². The van der Waals surface area contributed by atoms with E-state index in [1.807, 2.05) is 0 Å². The summed E-state index contributed by atoms with van der Waals surface area (Å²) in [5.74, 6) is 1.04. The van der Waals surface area contributed by atoms with Crippen molar-refractivity contribution < 1.29 is 18.1 Å². The zero-order chi connectivity index (χ0) is 19.3. The summed E-state index contributed by atoms with van der Waals surface area (Å²) in [4.78, 5) is 21.3. The predicted octanol–water partition coefficient (Wildman–Crippen LogP) is 3.27. The molecule has 2 aliphatic rings. The highest BCUT2D eigenvalue weighted by atomic mass is 32.2. The van der Waals surface area contributed by atoms with Gasteiger partial charge in [-0.1, -0.05) is 0 Å². The molecule has 2 aromatic rings. The summed E-state index contributed by atoms with van der Waals surface area (Å²) in [7, 11) is 0. The summed E-state index contributed by atoms with van der Waals surface area (Å²) in [6.07, 6.45) is 9.56. The van der Waals surface area contributed by atoms with Crippen LogP contribution in [0.15, 0.2) is 29.3 Å². The Morgan fingerprint density at radius 3 is 3.14 bits per heavy atom. The van der Waals surface area contributed by atoms with Crippen molar-refractivity contribution in [2.24, 2.45) is 11.1 Å². The van der Waals surface area contributed by atoms with Crippen molar-refractivity contribution >= 4 is 23.8 Å². The molecule has 0 aromatic carbocycles. The van der Waals surface area contributed by atoms with E-state index >= 15 is 0 Å². The number of rotatable bonds is 8. The van der Waals surface area contributed by atoms with E-state index in [0.717, 1.165) is 56.5 Å². The molecule has 0 spiro atoms. The molecular formula is C19H24N4O4S. The van der Waals surface area contributed by atoms with Crippen molar-refractivity contribution in [3.8, 4) is 0 Å². The van der Waals surface area contributed by atoms with Gasteiger partial charge in [0.2, 0.25) is 5.78 Å². The molecule has 3 heterocycles. The summed E-state index contributed by atoms with van der Waals surface area (Å²) in [6.45, 7) is 1.38. The van der Waals surface area contributed by atoms with Gasteiger partial charge in [-0.2, -0.15) is 0 Å². The highest BCUT2D eigenvalue weighted by Crippen LogP contribution is 2.32. The minimum absolute atomic E-state index is 0.0132. The SMILES string of the molecule is NSOCC1CCC(Nc2ncncc2C(=O)c2cc(C3CCCO3)co2)C1. The maximum Gasteiger partial charge on any atom is 0.233 e. The van der Waals surface area contributed by atoms with Crippen LogP contribution in [0.25, 0.3) is 0 Å². The zero-order valence-electron chi connectivity index (χ0n) is 15.5. The van der Waals surface area contributed by atoms with E-state index in [-0.39, 0.29) is 23.7 Å². The molecule has 0 bridgehead atoms. The van der Waals surface area contributed by atoms with Crippen LogP contribution in [-0.2, 0) is 8.92 Å². The quantitative estimate of drug-likeness (QED) is 0.389. The number of nitrogens with zero attached hydrogens (tertiary/aromatic N) is 2. The summed E-state index contributed by atoms with van der Waals surface area (Å²) >= 11 is 0.904. The predicted molar refractivity (Wildman–Crippen MR) is 105 cm³/mol. The third-order valence-electron chi connectivity index (χ3n) is 5.36. The van der Waals surface area contributed by atoms with Gasteiger partial charge < -0.3 is 18.7 Å².